The Bertz CT molecular complexity index is 548. The lowest BCUT2D eigenvalue weighted by atomic mass is 10.3. The minimum atomic E-state index is -0.105. The Morgan fingerprint density at radius 1 is 1.56 bits per heavy atom. The van der Waals surface area contributed by atoms with Crippen LogP contribution in [-0.4, -0.2) is 22.6 Å². The molecule has 1 heterocycles. The van der Waals surface area contributed by atoms with Crippen molar-refractivity contribution < 1.29 is 9.53 Å². The van der Waals surface area contributed by atoms with Gasteiger partial charge in [0.05, 0.1) is 24.0 Å². The zero-order valence-corrected chi connectivity index (χ0v) is 9.78. The highest BCUT2D eigenvalue weighted by Gasteiger charge is 2.13. The van der Waals surface area contributed by atoms with Gasteiger partial charge >= 0.3 is 0 Å². The molecule has 0 spiro atoms. The average Bonchev–Trinajstić information content (AvgIpc) is 2.65. The van der Waals surface area contributed by atoms with Crippen LogP contribution in [0.4, 0.5) is 0 Å². The second-order valence-electron chi connectivity index (χ2n) is 3.37. The van der Waals surface area contributed by atoms with Crippen molar-refractivity contribution in [2.75, 3.05) is 7.11 Å². The van der Waals surface area contributed by atoms with E-state index in [0.29, 0.717) is 11.6 Å². The summed E-state index contributed by atoms with van der Waals surface area (Å²) < 4.78 is 6.62. The Balaban J connectivity index is 2.75. The van der Waals surface area contributed by atoms with Gasteiger partial charge in [-0.2, -0.15) is 0 Å². The number of hydrogen-bond donors (Lipinski definition) is 0. The van der Waals surface area contributed by atoms with Gasteiger partial charge in [-0.05, 0) is 12.1 Å². The van der Waals surface area contributed by atoms with Gasteiger partial charge in [0.1, 0.15) is 11.6 Å². The fourth-order valence-electron chi connectivity index (χ4n) is 1.67. The lowest BCUT2D eigenvalue weighted by Crippen LogP contribution is -2.08. The number of rotatable bonds is 2. The van der Waals surface area contributed by atoms with Gasteiger partial charge in [0, 0.05) is 13.0 Å². The summed E-state index contributed by atoms with van der Waals surface area (Å²) in [5.41, 5.74) is 1.47. The second-order valence-corrected chi connectivity index (χ2v) is 3.64. The maximum Gasteiger partial charge on any atom is 0.229 e. The monoisotopic (exact) mass is 238 g/mol. The number of benzene rings is 1. The fourth-order valence-corrected chi connectivity index (χ4v) is 1.85. The molecule has 16 heavy (non-hydrogen) atoms. The maximum atomic E-state index is 11.5. The zero-order chi connectivity index (χ0) is 11.7. The molecule has 0 saturated heterocycles. The highest BCUT2D eigenvalue weighted by molar-refractivity contribution is 6.17. The van der Waals surface area contributed by atoms with Crippen LogP contribution in [0.5, 0.6) is 5.75 Å². The Morgan fingerprint density at radius 3 is 2.88 bits per heavy atom. The largest absolute Gasteiger partial charge is 0.497 e. The van der Waals surface area contributed by atoms with E-state index < -0.39 is 0 Å². The Morgan fingerprint density at radius 2 is 2.31 bits per heavy atom. The molecule has 0 fully saturated rings. The lowest BCUT2D eigenvalue weighted by molar-refractivity contribution is 0.0938. The fraction of sp³-hybridized carbons (Fsp3) is 0.273. The van der Waals surface area contributed by atoms with Crippen LogP contribution in [0.15, 0.2) is 18.2 Å². The molecule has 0 bridgehead atoms. The molecule has 4 nitrogen and oxygen atoms in total. The zero-order valence-electron chi connectivity index (χ0n) is 9.03. The number of nitrogens with zero attached hydrogens (tertiary/aromatic N) is 2. The molecular formula is C11H11ClN2O2. The minimum absolute atomic E-state index is 0.105. The van der Waals surface area contributed by atoms with Crippen LogP contribution < -0.4 is 4.74 Å². The summed E-state index contributed by atoms with van der Waals surface area (Å²) in [7, 11) is 1.58. The molecule has 5 heteroatoms. The first-order chi connectivity index (χ1) is 7.67. The van der Waals surface area contributed by atoms with E-state index in [1.807, 2.05) is 6.07 Å². The van der Waals surface area contributed by atoms with E-state index in [1.54, 1.807) is 19.2 Å². The normalized spacial score (nSPS) is 10.7. The van der Waals surface area contributed by atoms with Crippen molar-refractivity contribution in [3.8, 4) is 5.75 Å². The summed E-state index contributed by atoms with van der Waals surface area (Å²) in [6.07, 6.45) is 0. The summed E-state index contributed by atoms with van der Waals surface area (Å²) in [5, 5.41) is 0. The van der Waals surface area contributed by atoms with Gasteiger partial charge in [0.2, 0.25) is 5.91 Å². The molecule has 0 atom stereocenters. The van der Waals surface area contributed by atoms with E-state index in [0.717, 1.165) is 11.0 Å². The molecular weight excluding hydrogens is 228 g/mol. The van der Waals surface area contributed by atoms with Gasteiger partial charge in [0.15, 0.2) is 0 Å². The number of fused-ring (bicyclic) bond motifs is 1. The van der Waals surface area contributed by atoms with Crippen LogP contribution >= 0.6 is 11.6 Å². The molecule has 1 aromatic carbocycles. The Hall–Kier alpha value is -1.55. The summed E-state index contributed by atoms with van der Waals surface area (Å²) >= 11 is 5.75. The molecule has 0 aliphatic rings. The number of carbonyl (C=O) groups is 1. The molecule has 0 N–H and O–H groups in total. The van der Waals surface area contributed by atoms with E-state index in [-0.39, 0.29) is 11.8 Å². The smallest absolute Gasteiger partial charge is 0.229 e. The van der Waals surface area contributed by atoms with Crippen LogP contribution in [0.2, 0.25) is 0 Å². The van der Waals surface area contributed by atoms with Gasteiger partial charge in [-0.25, -0.2) is 4.98 Å². The van der Waals surface area contributed by atoms with Crippen LogP contribution in [0.25, 0.3) is 11.0 Å². The quantitative estimate of drug-likeness (QED) is 0.755. The van der Waals surface area contributed by atoms with Crippen molar-refractivity contribution >= 4 is 28.5 Å². The number of alkyl halides is 1. The van der Waals surface area contributed by atoms with E-state index >= 15 is 0 Å². The van der Waals surface area contributed by atoms with Crippen molar-refractivity contribution in [3.63, 3.8) is 0 Å². The van der Waals surface area contributed by atoms with Gasteiger partial charge in [-0.3, -0.25) is 9.36 Å². The molecule has 1 aromatic heterocycles. The van der Waals surface area contributed by atoms with Crippen LogP contribution in [-0.2, 0) is 5.88 Å². The standard InChI is InChI=1S/C11H11ClN2O2/c1-7(15)14-10-5-8(16-2)3-4-9(10)13-11(14)6-12/h3-5H,6H2,1-2H3. The van der Waals surface area contributed by atoms with Gasteiger partial charge in [0.25, 0.3) is 0 Å². The van der Waals surface area contributed by atoms with Crippen molar-refractivity contribution in [2.45, 2.75) is 12.8 Å². The lowest BCUT2D eigenvalue weighted by Gasteiger charge is -2.03. The molecule has 0 aliphatic heterocycles. The van der Waals surface area contributed by atoms with Crippen molar-refractivity contribution in [3.05, 3.63) is 24.0 Å². The Labute approximate surface area is 97.8 Å². The second kappa shape index (κ2) is 4.14. The SMILES string of the molecule is COc1ccc2nc(CCl)n(C(C)=O)c2c1. The Kier molecular flexibility index (Phi) is 2.83. The molecule has 0 amide bonds. The van der Waals surface area contributed by atoms with Crippen molar-refractivity contribution in [2.24, 2.45) is 0 Å². The molecule has 0 radical (unpaired) electrons. The third-order valence-corrected chi connectivity index (χ3v) is 2.60. The van der Waals surface area contributed by atoms with Gasteiger partial charge in [-0.15, -0.1) is 11.6 Å². The minimum Gasteiger partial charge on any atom is -0.497 e. The van der Waals surface area contributed by atoms with Crippen LogP contribution in [0, 0.1) is 0 Å². The topological polar surface area (TPSA) is 44.1 Å². The number of ether oxygens (including phenoxy) is 1. The number of halogens is 1. The number of carbonyl (C=O) groups excluding carboxylic acids is 1. The molecule has 0 unspecified atom stereocenters. The van der Waals surface area contributed by atoms with Gasteiger partial charge < -0.3 is 4.74 Å². The van der Waals surface area contributed by atoms with E-state index in [4.69, 9.17) is 16.3 Å². The number of aromatic nitrogens is 2. The first-order valence-corrected chi connectivity index (χ1v) is 5.33. The van der Waals surface area contributed by atoms with Crippen molar-refractivity contribution in [1.82, 2.24) is 9.55 Å². The summed E-state index contributed by atoms with van der Waals surface area (Å²) in [4.78, 5) is 15.8. The highest BCUT2D eigenvalue weighted by atomic mass is 35.5. The summed E-state index contributed by atoms with van der Waals surface area (Å²) in [5.74, 6) is 1.34. The molecule has 84 valence electrons. The number of methoxy groups -OCH3 is 1. The van der Waals surface area contributed by atoms with Crippen LogP contribution in [0.3, 0.4) is 0 Å². The third kappa shape index (κ3) is 1.65. The molecule has 2 aromatic rings. The first kappa shape index (κ1) is 11.0. The maximum absolute atomic E-state index is 11.5. The van der Waals surface area contributed by atoms with E-state index in [2.05, 4.69) is 4.98 Å². The van der Waals surface area contributed by atoms with E-state index in [1.165, 1.54) is 11.5 Å². The highest BCUT2D eigenvalue weighted by Crippen LogP contribution is 2.22. The molecule has 0 aliphatic carbocycles. The molecule has 0 saturated carbocycles. The molecule has 2 rings (SSSR count). The average molecular weight is 239 g/mol. The number of imidazole rings is 1. The number of hydrogen-bond acceptors (Lipinski definition) is 3. The third-order valence-electron chi connectivity index (χ3n) is 2.37. The first-order valence-electron chi connectivity index (χ1n) is 4.79. The van der Waals surface area contributed by atoms with Crippen molar-refractivity contribution in [1.29, 1.82) is 0 Å². The predicted molar refractivity (Wildman–Crippen MR) is 62.1 cm³/mol. The van der Waals surface area contributed by atoms with E-state index in [9.17, 15) is 4.79 Å². The summed E-state index contributed by atoms with van der Waals surface area (Å²) in [6, 6.07) is 5.39. The van der Waals surface area contributed by atoms with Crippen LogP contribution in [0.1, 0.15) is 17.5 Å². The predicted octanol–water partition coefficient (Wildman–Crippen LogP) is 2.44. The van der Waals surface area contributed by atoms with Gasteiger partial charge in [-0.1, -0.05) is 0 Å². The summed E-state index contributed by atoms with van der Waals surface area (Å²) in [6.45, 7) is 1.48.